The Hall–Kier alpha value is -3.66. The van der Waals surface area contributed by atoms with Crippen LogP contribution in [-0.2, 0) is 20.9 Å². The Labute approximate surface area is 209 Å². The number of phenolic OH excluding ortho intramolecular Hbond substituents is 1. The summed E-state index contributed by atoms with van der Waals surface area (Å²) in [5.41, 5.74) is 0.990. The van der Waals surface area contributed by atoms with Crippen LogP contribution in [0.3, 0.4) is 0 Å². The summed E-state index contributed by atoms with van der Waals surface area (Å²) in [4.78, 5) is 25.5. The maximum absolute atomic E-state index is 13.1. The lowest BCUT2D eigenvalue weighted by atomic mass is 10.0. The summed E-state index contributed by atoms with van der Waals surface area (Å²) < 4.78 is 21.9. The molecule has 0 saturated heterocycles. The van der Waals surface area contributed by atoms with Gasteiger partial charge in [0, 0.05) is 6.07 Å². The second-order valence-corrected chi connectivity index (χ2v) is 8.26. The molecular formula is C27H30O9. The average Bonchev–Trinajstić information content (AvgIpc) is 2.87. The minimum Gasteiger partial charge on any atom is -0.507 e. The zero-order chi connectivity index (χ0) is 26.2. The van der Waals surface area contributed by atoms with Gasteiger partial charge in [0.15, 0.2) is 5.78 Å². The van der Waals surface area contributed by atoms with E-state index in [1.807, 2.05) is 12.1 Å². The summed E-state index contributed by atoms with van der Waals surface area (Å²) in [6.07, 6.45) is 0.531. The monoisotopic (exact) mass is 498 g/mol. The van der Waals surface area contributed by atoms with Crippen molar-refractivity contribution in [3.05, 3.63) is 71.3 Å². The SMILES string of the molecule is COc1ccc(CO[C@@H]2/C=C\C(=O)[C@@H](O)[C@@H](O)C/C=C/c3cc(OC)cc(O)c3C(=O)O[C@H]2C)cc1. The number of phenols is 1. The number of benzene rings is 2. The maximum atomic E-state index is 13.1. The zero-order valence-corrected chi connectivity index (χ0v) is 20.3. The molecule has 1 aliphatic heterocycles. The van der Waals surface area contributed by atoms with Crippen LogP contribution in [0.4, 0.5) is 0 Å². The van der Waals surface area contributed by atoms with Gasteiger partial charge in [-0.05, 0) is 54.8 Å². The van der Waals surface area contributed by atoms with Crippen molar-refractivity contribution >= 4 is 17.8 Å². The minimum absolute atomic E-state index is 0.0823. The molecule has 2 aromatic rings. The van der Waals surface area contributed by atoms with Crippen molar-refractivity contribution in [2.24, 2.45) is 0 Å². The Morgan fingerprint density at radius 3 is 2.36 bits per heavy atom. The van der Waals surface area contributed by atoms with Gasteiger partial charge < -0.3 is 34.3 Å². The molecule has 0 unspecified atom stereocenters. The van der Waals surface area contributed by atoms with E-state index >= 15 is 0 Å². The zero-order valence-electron chi connectivity index (χ0n) is 20.3. The molecule has 36 heavy (non-hydrogen) atoms. The van der Waals surface area contributed by atoms with Crippen LogP contribution in [0.5, 0.6) is 17.2 Å². The fourth-order valence-corrected chi connectivity index (χ4v) is 3.59. The van der Waals surface area contributed by atoms with Gasteiger partial charge in [-0.3, -0.25) is 4.79 Å². The van der Waals surface area contributed by atoms with Crippen molar-refractivity contribution in [1.82, 2.24) is 0 Å². The molecule has 1 aliphatic rings. The number of esters is 1. The maximum Gasteiger partial charge on any atom is 0.342 e. The molecule has 9 nitrogen and oxygen atoms in total. The molecule has 0 radical (unpaired) electrons. The first kappa shape index (κ1) is 26.9. The molecule has 0 aliphatic carbocycles. The number of aliphatic hydroxyl groups is 2. The molecule has 0 bridgehead atoms. The van der Waals surface area contributed by atoms with E-state index in [0.717, 1.165) is 11.6 Å². The van der Waals surface area contributed by atoms with Crippen LogP contribution in [0.15, 0.2) is 54.6 Å². The summed E-state index contributed by atoms with van der Waals surface area (Å²) >= 11 is 0. The number of fused-ring (bicyclic) bond motifs is 1. The van der Waals surface area contributed by atoms with Gasteiger partial charge in [0.1, 0.15) is 41.1 Å². The number of aromatic hydroxyl groups is 1. The van der Waals surface area contributed by atoms with Crippen molar-refractivity contribution < 1.29 is 43.9 Å². The van der Waals surface area contributed by atoms with E-state index in [9.17, 15) is 24.9 Å². The number of carbonyl (C=O) groups excluding carboxylic acids is 2. The number of methoxy groups -OCH3 is 2. The molecule has 0 amide bonds. The van der Waals surface area contributed by atoms with Crippen LogP contribution in [0.1, 0.15) is 34.8 Å². The Morgan fingerprint density at radius 1 is 1.00 bits per heavy atom. The highest BCUT2D eigenvalue weighted by Crippen LogP contribution is 2.30. The van der Waals surface area contributed by atoms with E-state index in [1.165, 1.54) is 37.5 Å². The molecule has 0 spiro atoms. The highest BCUT2D eigenvalue weighted by molar-refractivity contribution is 5.97. The molecule has 2 aromatic carbocycles. The highest BCUT2D eigenvalue weighted by atomic mass is 16.6. The molecule has 9 heteroatoms. The highest BCUT2D eigenvalue weighted by Gasteiger charge is 2.27. The molecule has 0 saturated carbocycles. The smallest absolute Gasteiger partial charge is 0.342 e. The molecule has 192 valence electrons. The topological polar surface area (TPSA) is 132 Å². The standard InChI is InChI=1S/C27H30O9/c1-16-24(35-15-17-7-9-19(33-2)10-8-17)12-11-22(29)26(31)21(28)6-4-5-18-13-20(34-3)14-23(30)25(18)27(32)36-16/h4-5,7-14,16,21,24,26,28,30-31H,6,15H2,1-3H3/b5-4+,12-11-/t16-,21-,24+,26-/m0/s1. The first-order valence-corrected chi connectivity index (χ1v) is 11.3. The van der Waals surface area contributed by atoms with Crippen molar-refractivity contribution in [3.63, 3.8) is 0 Å². The van der Waals surface area contributed by atoms with Crippen LogP contribution in [0.2, 0.25) is 0 Å². The van der Waals surface area contributed by atoms with Crippen molar-refractivity contribution in [3.8, 4) is 17.2 Å². The third-order valence-electron chi connectivity index (χ3n) is 5.70. The van der Waals surface area contributed by atoms with Crippen LogP contribution in [0, 0.1) is 0 Å². The number of cyclic esters (lactones) is 1. The van der Waals surface area contributed by atoms with Gasteiger partial charge in [0.2, 0.25) is 0 Å². The van der Waals surface area contributed by atoms with E-state index in [0.29, 0.717) is 11.5 Å². The molecular weight excluding hydrogens is 468 g/mol. The predicted octanol–water partition coefficient (Wildman–Crippen LogP) is 2.80. The number of aliphatic hydroxyl groups excluding tert-OH is 2. The summed E-state index contributed by atoms with van der Waals surface area (Å²) in [5, 5.41) is 31.0. The Balaban J connectivity index is 1.93. The van der Waals surface area contributed by atoms with Gasteiger partial charge in [-0.15, -0.1) is 0 Å². The number of ketones is 1. The number of carbonyl (C=O) groups is 2. The Bertz CT molecular complexity index is 1120. The molecule has 1 heterocycles. The summed E-state index contributed by atoms with van der Waals surface area (Å²) in [5.74, 6) is -0.888. The van der Waals surface area contributed by atoms with Crippen LogP contribution in [0.25, 0.3) is 6.08 Å². The van der Waals surface area contributed by atoms with Crippen molar-refractivity contribution in [1.29, 1.82) is 0 Å². The lowest BCUT2D eigenvalue weighted by Gasteiger charge is -2.23. The second-order valence-electron chi connectivity index (χ2n) is 8.26. The van der Waals surface area contributed by atoms with Gasteiger partial charge in [0.25, 0.3) is 0 Å². The first-order valence-electron chi connectivity index (χ1n) is 11.3. The van der Waals surface area contributed by atoms with Crippen molar-refractivity contribution in [2.45, 2.75) is 44.4 Å². The Morgan fingerprint density at radius 2 is 1.69 bits per heavy atom. The normalized spacial score (nSPS) is 24.7. The fourth-order valence-electron chi connectivity index (χ4n) is 3.59. The van der Waals surface area contributed by atoms with Crippen LogP contribution in [-0.4, -0.2) is 65.7 Å². The molecule has 3 N–H and O–H groups in total. The van der Waals surface area contributed by atoms with E-state index < -0.39 is 36.2 Å². The van der Waals surface area contributed by atoms with Gasteiger partial charge in [-0.1, -0.05) is 24.3 Å². The third-order valence-corrected chi connectivity index (χ3v) is 5.70. The quantitative estimate of drug-likeness (QED) is 0.533. The van der Waals surface area contributed by atoms with E-state index in [4.69, 9.17) is 18.9 Å². The second kappa shape index (κ2) is 12.3. The minimum atomic E-state index is -1.66. The number of ether oxygens (including phenoxy) is 4. The average molecular weight is 499 g/mol. The molecule has 4 atom stereocenters. The largest absolute Gasteiger partial charge is 0.507 e. The first-order chi connectivity index (χ1) is 17.2. The van der Waals surface area contributed by atoms with E-state index in [1.54, 1.807) is 26.2 Å². The van der Waals surface area contributed by atoms with E-state index in [-0.39, 0.29) is 29.9 Å². The Kier molecular flexibility index (Phi) is 9.24. The fraction of sp³-hybridized carbons (Fsp3) is 0.333. The summed E-state index contributed by atoms with van der Waals surface area (Å²) in [6, 6.07) is 9.97. The lowest BCUT2D eigenvalue weighted by molar-refractivity contribution is -0.127. The molecule has 3 rings (SSSR count). The molecule has 0 fully saturated rings. The number of hydrogen-bond acceptors (Lipinski definition) is 9. The van der Waals surface area contributed by atoms with Crippen molar-refractivity contribution in [2.75, 3.05) is 14.2 Å². The van der Waals surface area contributed by atoms with Gasteiger partial charge in [-0.25, -0.2) is 4.79 Å². The third kappa shape index (κ3) is 6.72. The predicted molar refractivity (Wildman–Crippen MR) is 131 cm³/mol. The number of rotatable bonds is 5. The molecule has 0 aromatic heterocycles. The van der Waals surface area contributed by atoms with Crippen LogP contribution < -0.4 is 9.47 Å². The summed E-state index contributed by atoms with van der Waals surface area (Å²) in [6.45, 7) is 1.71. The van der Waals surface area contributed by atoms with Crippen LogP contribution >= 0.6 is 0 Å². The van der Waals surface area contributed by atoms with Gasteiger partial charge >= 0.3 is 5.97 Å². The van der Waals surface area contributed by atoms with E-state index in [2.05, 4.69) is 0 Å². The summed E-state index contributed by atoms with van der Waals surface area (Å²) in [7, 11) is 2.97. The lowest BCUT2D eigenvalue weighted by Crippen LogP contribution is -2.34. The number of hydrogen-bond donors (Lipinski definition) is 3. The van der Waals surface area contributed by atoms with Gasteiger partial charge in [-0.2, -0.15) is 0 Å². The van der Waals surface area contributed by atoms with Gasteiger partial charge in [0.05, 0.1) is 26.9 Å².